The Hall–Kier alpha value is -1.64. The number of nitrogens with one attached hydrogen (secondary N) is 2. The van der Waals surface area contributed by atoms with Crippen molar-refractivity contribution in [3.63, 3.8) is 0 Å². The van der Waals surface area contributed by atoms with E-state index in [4.69, 9.17) is 0 Å². The third-order valence-corrected chi connectivity index (χ3v) is 5.23. The van der Waals surface area contributed by atoms with Crippen molar-refractivity contribution in [1.29, 1.82) is 0 Å². The summed E-state index contributed by atoms with van der Waals surface area (Å²) in [6, 6.07) is 9.68. The second-order valence-corrected chi connectivity index (χ2v) is 7.55. The van der Waals surface area contributed by atoms with Crippen molar-refractivity contribution >= 4 is 50.6 Å². The summed E-state index contributed by atoms with van der Waals surface area (Å²) in [5.41, 5.74) is 1.82. The molecule has 3 aromatic rings. The number of thiophene rings is 1. The number of rotatable bonds is 5. The fraction of sp³-hybridized carbons (Fsp3) is 0.133. The molecule has 0 fully saturated rings. The van der Waals surface area contributed by atoms with Gasteiger partial charge in [0.15, 0.2) is 5.82 Å². The lowest BCUT2D eigenvalue weighted by Gasteiger charge is -2.07. The number of benzene rings is 1. The number of carbonyl (C=O) groups excluding carboxylic acids is 1. The van der Waals surface area contributed by atoms with Crippen LogP contribution in [-0.2, 0) is 4.79 Å². The number of halogens is 1. The van der Waals surface area contributed by atoms with E-state index in [0.29, 0.717) is 5.16 Å². The standard InChI is InChI=1S/C15H13BrN4OS2/c1-9-7-10(16)4-5-11(9)17-13(21)8-23-15-18-14(19-20-15)12-3-2-6-22-12/h2-7H,8H2,1H3,(H,17,21)(H,18,19,20). The molecule has 2 heterocycles. The molecule has 1 amide bonds. The van der Waals surface area contributed by atoms with Crippen LogP contribution in [0, 0.1) is 6.92 Å². The molecule has 0 saturated heterocycles. The van der Waals surface area contributed by atoms with Crippen molar-refractivity contribution in [3.8, 4) is 10.7 Å². The normalized spacial score (nSPS) is 10.7. The fourth-order valence-corrected chi connectivity index (χ4v) is 3.66. The molecule has 3 rings (SSSR count). The predicted molar refractivity (Wildman–Crippen MR) is 97.9 cm³/mol. The number of anilines is 1. The Morgan fingerprint density at radius 1 is 1.43 bits per heavy atom. The lowest BCUT2D eigenvalue weighted by Crippen LogP contribution is -2.14. The molecular formula is C15H13BrN4OS2. The Morgan fingerprint density at radius 3 is 3.04 bits per heavy atom. The zero-order valence-corrected chi connectivity index (χ0v) is 15.4. The minimum absolute atomic E-state index is 0.0807. The van der Waals surface area contributed by atoms with Crippen LogP contribution in [0.1, 0.15) is 5.56 Å². The highest BCUT2D eigenvalue weighted by Crippen LogP contribution is 2.24. The Balaban J connectivity index is 1.57. The summed E-state index contributed by atoms with van der Waals surface area (Å²) in [4.78, 5) is 17.5. The van der Waals surface area contributed by atoms with Gasteiger partial charge >= 0.3 is 0 Å². The maximum absolute atomic E-state index is 12.1. The van der Waals surface area contributed by atoms with Crippen molar-refractivity contribution in [2.24, 2.45) is 0 Å². The van der Waals surface area contributed by atoms with Gasteiger partial charge in [0, 0.05) is 10.2 Å². The lowest BCUT2D eigenvalue weighted by atomic mass is 10.2. The van der Waals surface area contributed by atoms with E-state index in [1.165, 1.54) is 11.8 Å². The Morgan fingerprint density at radius 2 is 2.30 bits per heavy atom. The molecule has 2 aromatic heterocycles. The molecule has 5 nitrogen and oxygen atoms in total. The molecule has 0 aliphatic carbocycles. The fourth-order valence-electron chi connectivity index (χ4n) is 1.92. The highest BCUT2D eigenvalue weighted by atomic mass is 79.9. The Kier molecular flexibility index (Phi) is 5.14. The first-order chi connectivity index (χ1) is 11.1. The quantitative estimate of drug-likeness (QED) is 0.616. The van der Waals surface area contributed by atoms with Gasteiger partial charge < -0.3 is 5.32 Å². The van der Waals surface area contributed by atoms with E-state index in [0.717, 1.165) is 26.4 Å². The van der Waals surface area contributed by atoms with Gasteiger partial charge in [-0.25, -0.2) is 4.98 Å². The van der Waals surface area contributed by atoms with E-state index in [9.17, 15) is 4.79 Å². The summed E-state index contributed by atoms with van der Waals surface area (Å²) in [5, 5.41) is 12.5. The lowest BCUT2D eigenvalue weighted by molar-refractivity contribution is -0.113. The van der Waals surface area contributed by atoms with Gasteiger partial charge in [-0.3, -0.25) is 9.89 Å². The molecule has 8 heteroatoms. The number of hydrogen-bond donors (Lipinski definition) is 2. The zero-order chi connectivity index (χ0) is 16.2. The van der Waals surface area contributed by atoms with Crippen LogP contribution in [0.2, 0.25) is 0 Å². The maximum Gasteiger partial charge on any atom is 0.234 e. The first-order valence-electron chi connectivity index (χ1n) is 6.77. The van der Waals surface area contributed by atoms with Gasteiger partial charge in [-0.15, -0.1) is 16.4 Å². The summed E-state index contributed by atoms with van der Waals surface area (Å²) in [5.74, 6) is 0.909. The molecule has 0 bridgehead atoms. The smallest absolute Gasteiger partial charge is 0.234 e. The molecule has 0 saturated carbocycles. The van der Waals surface area contributed by atoms with Gasteiger partial charge in [-0.2, -0.15) is 0 Å². The summed E-state index contributed by atoms with van der Waals surface area (Å²) < 4.78 is 0.990. The number of amides is 1. The van der Waals surface area contributed by atoms with E-state index in [1.54, 1.807) is 11.3 Å². The first-order valence-corrected chi connectivity index (χ1v) is 9.43. The third-order valence-electron chi connectivity index (χ3n) is 3.01. The minimum Gasteiger partial charge on any atom is -0.325 e. The molecule has 0 unspecified atom stereocenters. The van der Waals surface area contributed by atoms with Gasteiger partial charge in [0.05, 0.1) is 10.6 Å². The number of hydrogen-bond acceptors (Lipinski definition) is 5. The van der Waals surface area contributed by atoms with E-state index in [-0.39, 0.29) is 11.7 Å². The number of H-pyrrole nitrogens is 1. The van der Waals surface area contributed by atoms with Gasteiger partial charge in [0.2, 0.25) is 11.1 Å². The van der Waals surface area contributed by atoms with Crippen LogP contribution < -0.4 is 5.32 Å². The minimum atomic E-state index is -0.0807. The highest BCUT2D eigenvalue weighted by Gasteiger charge is 2.10. The largest absolute Gasteiger partial charge is 0.325 e. The van der Waals surface area contributed by atoms with Crippen molar-refractivity contribution in [3.05, 3.63) is 45.7 Å². The predicted octanol–water partition coefficient (Wildman–Crippen LogP) is 4.33. The van der Waals surface area contributed by atoms with Crippen LogP contribution in [-0.4, -0.2) is 26.8 Å². The molecule has 0 aliphatic rings. The molecule has 1 aromatic carbocycles. The molecule has 0 spiro atoms. The van der Waals surface area contributed by atoms with Crippen LogP contribution in [0.5, 0.6) is 0 Å². The summed E-state index contributed by atoms with van der Waals surface area (Å²) in [6.45, 7) is 1.95. The Bertz CT molecular complexity index is 817. The number of aryl methyl sites for hydroxylation is 1. The van der Waals surface area contributed by atoms with Crippen molar-refractivity contribution in [2.75, 3.05) is 11.1 Å². The SMILES string of the molecule is Cc1cc(Br)ccc1NC(=O)CSc1n[nH]c(-c2cccs2)n1. The second-order valence-electron chi connectivity index (χ2n) is 4.74. The molecule has 118 valence electrons. The number of aromatic nitrogens is 3. The molecular weight excluding hydrogens is 396 g/mol. The van der Waals surface area contributed by atoms with Crippen LogP contribution in [0.3, 0.4) is 0 Å². The van der Waals surface area contributed by atoms with E-state index in [1.807, 2.05) is 42.6 Å². The van der Waals surface area contributed by atoms with Gasteiger partial charge in [-0.05, 0) is 42.1 Å². The Labute approximate surface area is 150 Å². The van der Waals surface area contributed by atoms with E-state index >= 15 is 0 Å². The number of nitrogens with zero attached hydrogens (tertiary/aromatic N) is 2. The average molecular weight is 409 g/mol. The van der Waals surface area contributed by atoms with Crippen molar-refractivity contribution < 1.29 is 4.79 Å². The number of thioether (sulfide) groups is 1. The molecule has 2 N–H and O–H groups in total. The third kappa shape index (κ3) is 4.21. The van der Waals surface area contributed by atoms with Crippen molar-refractivity contribution in [1.82, 2.24) is 15.2 Å². The average Bonchev–Trinajstić information content (AvgIpc) is 3.18. The van der Waals surface area contributed by atoms with Crippen LogP contribution in [0.25, 0.3) is 10.7 Å². The van der Waals surface area contributed by atoms with E-state index < -0.39 is 0 Å². The van der Waals surface area contributed by atoms with E-state index in [2.05, 4.69) is 36.4 Å². The molecule has 0 atom stereocenters. The maximum atomic E-state index is 12.1. The first kappa shape index (κ1) is 16.2. The number of carbonyl (C=O) groups is 1. The van der Waals surface area contributed by atoms with Crippen LogP contribution in [0.4, 0.5) is 5.69 Å². The monoisotopic (exact) mass is 408 g/mol. The highest BCUT2D eigenvalue weighted by molar-refractivity contribution is 9.10. The summed E-state index contributed by atoms with van der Waals surface area (Å²) >= 11 is 6.30. The van der Waals surface area contributed by atoms with Gasteiger partial charge in [-0.1, -0.05) is 33.8 Å². The molecule has 0 aliphatic heterocycles. The molecule has 0 radical (unpaired) electrons. The number of aromatic amines is 1. The van der Waals surface area contributed by atoms with Gasteiger partial charge in [0.25, 0.3) is 0 Å². The van der Waals surface area contributed by atoms with Crippen molar-refractivity contribution in [2.45, 2.75) is 12.1 Å². The van der Waals surface area contributed by atoms with Crippen LogP contribution >= 0.6 is 39.0 Å². The topological polar surface area (TPSA) is 70.7 Å². The summed E-state index contributed by atoms with van der Waals surface area (Å²) in [7, 11) is 0. The second kappa shape index (κ2) is 7.29. The van der Waals surface area contributed by atoms with Crippen LogP contribution in [0.15, 0.2) is 45.3 Å². The molecule has 23 heavy (non-hydrogen) atoms. The summed E-state index contributed by atoms with van der Waals surface area (Å²) in [6.07, 6.45) is 0. The zero-order valence-electron chi connectivity index (χ0n) is 12.2. The van der Waals surface area contributed by atoms with Gasteiger partial charge in [0.1, 0.15) is 0 Å².